The predicted octanol–water partition coefficient (Wildman–Crippen LogP) is 2.64. The van der Waals surface area contributed by atoms with Gasteiger partial charge >= 0.3 is 0 Å². The molecule has 3 aliphatic rings. The average Bonchev–Trinajstić information content (AvgIpc) is 3.07. The van der Waals surface area contributed by atoms with Gasteiger partial charge < -0.3 is 9.64 Å². The first-order valence-corrected chi connectivity index (χ1v) is 8.93. The molecule has 124 valence electrons. The van der Waals surface area contributed by atoms with E-state index in [9.17, 15) is 4.79 Å². The Bertz CT molecular complexity index is 601. The van der Waals surface area contributed by atoms with Gasteiger partial charge in [-0.05, 0) is 39.2 Å². The highest BCUT2D eigenvalue weighted by molar-refractivity contribution is 5.85. The molecule has 0 saturated carbocycles. The van der Waals surface area contributed by atoms with Crippen molar-refractivity contribution < 1.29 is 9.53 Å². The van der Waals surface area contributed by atoms with Gasteiger partial charge in [0.25, 0.3) is 0 Å². The number of amides is 1. The fraction of sp³-hybridized carbons (Fsp3) is 0.632. The lowest BCUT2D eigenvalue weighted by Gasteiger charge is -2.32. The Morgan fingerprint density at radius 3 is 2.78 bits per heavy atom. The van der Waals surface area contributed by atoms with Crippen LogP contribution in [0.1, 0.15) is 44.6 Å². The summed E-state index contributed by atoms with van der Waals surface area (Å²) < 4.78 is 5.72. The molecule has 23 heavy (non-hydrogen) atoms. The third kappa shape index (κ3) is 2.53. The standard InChI is InChI=1S/C19H26N2O2/c1-13(2)21-14-7-8-15(21)11-20(10-9-14)19(22)17-12-23-18-6-4-3-5-16(17)18/h3-6,13-15,17H,7-12H2,1-2H3/t14-,15-,17+/m0/s1. The maximum Gasteiger partial charge on any atom is 0.233 e. The SMILES string of the molecule is CC(C)N1[C@H]2CC[C@H]1CN(C(=O)[C@@H]1COc3ccccc31)CC2. The van der Waals surface area contributed by atoms with E-state index in [-0.39, 0.29) is 11.8 Å². The molecule has 3 atom stereocenters. The summed E-state index contributed by atoms with van der Waals surface area (Å²) >= 11 is 0. The summed E-state index contributed by atoms with van der Waals surface area (Å²) in [6.07, 6.45) is 3.63. The van der Waals surface area contributed by atoms with E-state index < -0.39 is 0 Å². The molecule has 0 aliphatic carbocycles. The third-order valence-electron chi connectivity index (χ3n) is 5.75. The summed E-state index contributed by atoms with van der Waals surface area (Å²) in [6, 6.07) is 9.73. The number of carbonyl (C=O) groups excluding carboxylic acids is 1. The molecule has 0 N–H and O–H groups in total. The van der Waals surface area contributed by atoms with Crippen LogP contribution in [-0.2, 0) is 4.79 Å². The molecular formula is C19H26N2O2. The van der Waals surface area contributed by atoms with E-state index in [0.717, 1.165) is 30.8 Å². The van der Waals surface area contributed by atoms with Crippen LogP contribution < -0.4 is 4.74 Å². The number of nitrogens with zero attached hydrogens (tertiary/aromatic N) is 2. The fourth-order valence-corrected chi connectivity index (χ4v) is 4.74. The van der Waals surface area contributed by atoms with Crippen molar-refractivity contribution >= 4 is 5.91 Å². The van der Waals surface area contributed by atoms with E-state index in [1.54, 1.807) is 0 Å². The van der Waals surface area contributed by atoms with E-state index in [1.807, 2.05) is 24.3 Å². The minimum atomic E-state index is -0.115. The Kier molecular flexibility index (Phi) is 3.80. The minimum Gasteiger partial charge on any atom is -0.492 e. The van der Waals surface area contributed by atoms with E-state index in [2.05, 4.69) is 23.6 Å². The quantitative estimate of drug-likeness (QED) is 0.841. The molecular weight excluding hydrogens is 288 g/mol. The molecule has 0 aromatic heterocycles. The smallest absolute Gasteiger partial charge is 0.233 e. The highest BCUT2D eigenvalue weighted by atomic mass is 16.5. The van der Waals surface area contributed by atoms with Gasteiger partial charge in [-0.3, -0.25) is 9.69 Å². The number of hydrogen-bond acceptors (Lipinski definition) is 3. The molecule has 1 amide bonds. The van der Waals surface area contributed by atoms with E-state index in [4.69, 9.17) is 4.74 Å². The van der Waals surface area contributed by atoms with Crippen LogP contribution in [0.2, 0.25) is 0 Å². The first-order chi connectivity index (χ1) is 11.1. The molecule has 2 fully saturated rings. The second-order valence-electron chi connectivity index (χ2n) is 7.40. The summed E-state index contributed by atoms with van der Waals surface area (Å²) in [7, 11) is 0. The molecule has 0 radical (unpaired) electrons. The molecule has 3 aliphatic heterocycles. The van der Waals surface area contributed by atoms with E-state index >= 15 is 0 Å². The molecule has 1 aromatic rings. The van der Waals surface area contributed by atoms with Crippen LogP contribution >= 0.6 is 0 Å². The second-order valence-corrected chi connectivity index (χ2v) is 7.40. The van der Waals surface area contributed by atoms with Crippen molar-refractivity contribution in [1.29, 1.82) is 0 Å². The molecule has 0 unspecified atom stereocenters. The summed E-state index contributed by atoms with van der Waals surface area (Å²) in [5.74, 6) is 1.02. The van der Waals surface area contributed by atoms with Crippen molar-refractivity contribution in [3.05, 3.63) is 29.8 Å². The number of carbonyl (C=O) groups is 1. The van der Waals surface area contributed by atoms with Crippen LogP contribution in [0.25, 0.3) is 0 Å². The van der Waals surface area contributed by atoms with Crippen molar-refractivity contribution in [2.45, 2.75) is 57.2 Å². The van der Waals surface area contributed by atoms with Crippen LogP contribution in [0, 0.1) is 0 Å². The van der Waals surface area contributed by atoms with E-state index in [1.165, 1.54) is 12.8 Å². The van der Waals surface area contributed by atoms with Gasteiger partial charge in [0.15, 0.2) is 0 Å². The lowest BCUT2D eigenvalue weighted by Crippen LogP contribution is -2.45. The average molecular weight is 314 g/mol. The van der Waals surface area contributed by atoms with Crippen LogP contribution in [0.4, 0.5) is 0 Å². The van der Waals surface area contributed by atoms with Gasteiger partial charge in [-0.25, -0.2) is 0 Å². The summed E-state index contributed by atoms with van der Waals surface area (Å²) in [4.78, 5) is 17.8. The number of ether oxygens (including phenoxy) is 1. The second kappa shape index (κ2) is 5.82. The molecule has 0 spiro atoms. The van der Waals surface area contributed by atoms with Crippen molar-refractivity contribution in [1.82, 2.24) is 9.80 Å². The van der Waals surface area contributed by atoms with Crippen molar-refractivity contribution in [2.75, 3.05) is 19.7 Å². The van der Waals surface area contributed by atoms with Crippen LogP contribution in [-0.4, -0.2) is 53.5 Å². The predicted molar refractivity (Wildman–Crippen MR) is 89.7 cm³/mol. The number of likely N-dealkylation sites (tertiary alicyclic amines) is 1. The van der Waals surface area contributed by atoms with Crippen molar-refractivity contribution in [2.24, 2.45) is 0 Å². The Balaban J connectivity index is 1.52. The molecule has 4 heteroatoms. The highest BCUT2D eigenvalue weighted by Gasteiger charge is 2.41. The highest BCUT2D eigenvalue weighted by Crippen LogP contribution is 2.37. The Hall–Kier alpha value is -1.55. The summed E-state index contributed by atoms with van der Waals surface area (Å²) in [6.45, 7) is 6.83. The monoisotopic (exact) mass is 314 g/mol. The normalized spacial score (nSPS) is 30.2. The lowest BCUT2D eigenvalue weighted by molar-refractivity contribution is -0.133. The van der Waals surface area contributed by atoms with Gasteiger partial charge in [0.05, 0.1) is 0 Å². The van der Waals surface area contributed by atoms with Gasteiger partial charge in [-0.1, -0.05) is 18.2 Å². The first-order valence-electron chi connectivity index (χ1n) is 8.93. The maximum atomic E-state index is 13.1. The zero-order valence-electron chi connectivity index (χ0n) is 14.1. The largest absolute Gasteiger partial charge is 0.492 e. The number of benzene rings is 1. The minimum absolute atomic E-state index is 0.115. The summed E-state index contributed by atoms with van der Waals surface area (Å²) in [5.41, 5.74) is 1.06. The first kappa shape index (κ1) is 15.0. The molecule has 3 heterocycles. The van der Waals surface area contributed by atoms with Gasteiger partial charge in [0.2, 0.25) is 5.91 Å². The van der Waals surface area contributed by atoms with E-state index in [0.29, 0.717) is 24.7 Å². The van der Waals surface area contributed by atoms with Crippen molar-refractivity contribution in [3.8, 4) is 5.75 Å². The van der Waals surface area contributed by atoms with Gasteiger partial charge in [0.1, 0.15) is 18.3 Å². The van der Waals surface area contributed by atoms with Gasteiger partial charge in [-0.2, -0.15) is 0 Å². The van der Waals surface area contributed by atoms with Crippen LogP contribution in [0.3, 0.4) is 0 Å². The zero-order chi connectivity index (χ0) is 16.0. The Labute approximate surface area is 138 Å². The molecule has 1 aromatic carbocycles. The molecule has 4 nitrogen and oxygen atoms in total. The van der Waals surface area contributed by atoms with Gasteiger partial charge in [-0.15, -0.1) is 0 Å². The fourth-order valence-electron chi connectivity index (χ4n) is 4.74. The Morgan fingerprint density at radius 2 is 1.96 bits per heavy atom. The van der Waals surface area contributed by atoms with Crippen LogP contribution in [0.5, 0.6) is 5.75 Å². The molecule has 2 saturated heterocycles. The molecule has 4 rings (SSSR count). The third-order valence-corrected chi connectivity index (χ3v) is 5.75. The van der Waals surface area contributed by atoms with Crippen molar-refractivity contribution in [3.63, 3.8) is 0 Å². The number of rotatable bonds is 2. The van der Waals surface area contributed by atoms with Crippen LogP contribution in [0.15, 0.2) is 24.3 Å². The number of para-hydroxylation sites is 1. The number of hydrogen-bond donors (Lipinski definition) is 0. The lowest BCUT2D eigenvalue weighted by atomic mass is 9.99. The van der Waals surface area contributed by atoms with Gasteiger partial charge in [0, 0.05) is 36.8 Å². The molecule has 2 bridgehead atoms. The zero-order valence-corrected chi connectivity index (χ0v) is 14.1. The summed E-state index contributed by atoms with van der Waals surface area (Å²) in [5, 5.41) is 0. The maximum absolute atomic E-state index is 13.1. The topological polar surface area (TPSA) is 32.8 Å². The Morgan fingerprint density at radius 1 is 1.17 bits per heavy atom. The number of fused-ring (bicyclic) bond motifs is 3.